The zero-order chi connectivity index (χ0) is 21.5. The molecule has 0 heterocycles. The van der Waals surface area contributed by atoms with E-state index in [1.165, 1.54) is 0 Å². The third-order valence-corrected chi connectivity index (χ3v) is 10.1. The summed E-state index contributed by atoms with van der Waals surface area (Å²) in [5, 5.41) is 3.48. The molecule has 4 heteroatoms. The summed E-state index contributed by atoms with van der Waals surface area (Å²) < 4.78 is 5.72. The van der Waals surface area contributed by atoms with Gasteiger partial charge >= 0.3 is 5.97 Å². The quantitative estimate of drug-likeness (QED) is 0.232. The molecule has 4 aromatic carbocycles. The van der Waals surface area contributed by atoms with Crippen LogP contribution in [0.25, 0.3) is 0 Å². The first-order chi connectivity index (χ1) is 15.3. The number of hydrogen-bond acceptors (Lipinski definition) is 2. The van der Waals surface area contributed by atoms with Crippen LogP contribution in [0.4, 0.5) is 0 Å². The maximum absolute atomic E-state index is 13.7. The summed E-state index contributed by atoms with van der Waals surface area (Å²) in [6.45, 7) is 2.22. The number of esters is 1. The van der Waals surface area contributed by atoms with E-state index in [0.717, 1.165) is 21.5 Å². The van der Waals surface area contributed by atoms with Crippen LogP contribution in [0.3, 0.4) is 0 Å². The van der Waals surface area contributed by atoms with Gasteiger partial charge in [-0.15, -0.1) is 17.0 Å². The number of carbonyl (C=O) groups excluding carboxylic acids is 1. The zero-order valence-corrected chi connectivity index (χ0v) is 20.6. The van der Waals surface area contributed by atoms with Crippen LogP contribution in [0.15, 0.2) is 121 Å². The van der Waals surface area contributed by atoms with Crippen LogP contribution in [-0.2, 0) is 9.53 Å². The van der Waals surface area contributed by atoms with Gasteiger partial charge in [0.15, 0.2) is 0 Å². The Balaban J connectivity index is 0.00000289. The van der Waals surface area contributed by atoms with Crippen molar-refractivity contribution in [3.05, 3.63) is 127 Å². The fourth-order valence-corrected chi connectivity index (χ4v) is 8.98. The smallest absolute Gasteiger partial charge is 0.352 e. The van der Waals surface area contributed by atoms with E-state index in [2.05, 4.69) is 72.8 Å². The lowest BCUT2D eigenvalue weighted by Crippen LogP contribution is -2.38. The lowest BCUT2D eigenvalue weighted by molar-refractivity contribution is -0.142. The molecule has 4 aromatic rings. The van der Waals surface area contributed by atoms with Crippen LogP contribution in [0, 0.1) is 0 Å². The topological polar surface area (TPSA) is 26.3 Å². The molecule has 0 aliphatic carbocycles. The lowest BCUT2D eigenvalue weighted by atomic mass is 10.1. The molecule has 4 rings (SSSR count). The molecular formula is C28H27BrO2P+. The van der Waals surface area contributed by atoms with Gasteiger partial charge in [-0.2, -0.15) is 0 Å². The average Bonchev–Trinajstić information content (AvgIpc) is 2.85. The summed E-state index contributed by atoms with van der Waals surface area (Å²) in [5.41, 5.74) is 0.534. The molecule has 0 fully saturated rings. The molecule has 0 aliphatic rings. The molecule has 1 unspecified atom stereocenters. The molecule has 0 amide bonds. The Hall–Kier alpha value is -2.74. The van der Waals surface area contributed by atoms with Crippen LogP contribution in [-0.4, -0.2) is 12.6 Å². The van der Waals surface area contributed by atoms with E-state index in [0.29, 0.717) is 6.61 Å². The summed E-state index contributed by atoms with van der Waals surface area (Å²) in [6.07, 6.45) is 0. The summed E-state index contributed by atoms with van der Waals surface area (Å²) in [5.74, 6) is -0.182. The van der Waals surface area contributed by atoms with E-state index in [9.17, 15) is 4.79 Å². The predicted molar refractivity (Wildman–Crippen MR) is 141 cm³/mol. The van der Waals surface area contributed by atoms with E-state index >= 15 is 0 Å². The van der Waals surface area contributed by atoms with Gasteiger partial charge in [0.25, 0.3) is 0 Å². The highest BCUT2D eigenvalue weighted by atomic mass is 79.9. The van der Waals surface area contributed by atoms with Crippen molar-refractivity contribution in [3.63, 3.8) is 0 Å². The summed E-state index contributed by atoms with van der Waals surface area (Å²) in [6, 6.07) is 41.4. The third kappa shape index (κ3) is 4.55. The fourth-order valence-electron chi connectivity index (χ4n) is 4.26. The van der Waals surface area contributed by atoms with E-state index in [1.54, 1.807) is 0 Å². The van der Waals surface area contributed by atoms with Crippen LogP contribution >= 0.6 is 24.2 Å². The van der Waals surface area contributed by atoms with Gasteiger partial charge < -0.3 is 4.74 Å². The molecule has 0 radical (unpaired) electrons. The van der Waals surface area contributed by atoms with Crippen molar-refractivity contribution in [2.24, 2.45) is 0 Å². The Bertz CT molecular complexity index is 1010. The Kier molecular flexibility index (Phi) is 8.39. The van der Waals surface area contributed by atoms with Gasteiger partial charge in [0.05, 0.1) is 6.61 Å². The number of benzene rings is 4. The van der Waals surface area contributed by atoms with Gasteiger partial charge in [0.1, 0.15) is 23.2 Å². The summed E-state index contributed by atoms with van der Waals surface area (Å²) in [7, 11) is -2.45. The first-order valence-corrected chi connectivity index (χ1v) is 12.4. The first-order valence-electron chi connectivity index (χ1n) is 10.6. The second kappa shape index (κ2) is 11.2. The molecule has 0 spiro atoms. The molecule has 0 bridgehead atoms. The summed E-state index contributed by atoms with van der Waals surface area (Å²) in [4.78, 5) is 13.7. The normalized spacial score (nSPS) is 11.8. The van der Waals surface area contributed by atoms with Crippen molar-refractivity contribution in [1.29, 1.82) is 0 Å². The molecule has 0 saturated heterocycles. The summed E-state index contributed by atoms with van der Waals surface area (Å²) >= 11 is 0. The van der Waals surface area contributed by atoms with Crippen molar-refractivity contribution in [1.82, 2.24) is 0 Å². The highest BCUT2D eigenvalue weighted by molar-refractivity contribution is 8.93. The Morgan fingerprint density at radius 1 is 0.656 bits per heavy atom. The van der Waals surface area contributed by atoms with Gasteiger partial charge in [-0.05, 0) is 43.3 Å². The predicted octanol–water partition coefficient (Wildman–Crippen LogP) is 5.86. The number of hydrogen-bond donors (Lipinski definition) is 0. The Morgan fingerprint density at radius 2 is 1.00 bits per heavy atom. The van der Waals surface area contributed by atoms with Crippen molar-refractivity contribution >= 4 is 46.1 Å². The van der Waals surface area contributed by atoms with Gasteiger partial charge in [-0.25, -0.2) is 4.79 Å². The molecule has 162 valence electrons. The fraction of sp³-hybridized carbons (Fsp3) is 0.107. The number of ether oxygens (including phenoxy) is 1. The van der Waals surface area contributed by atoms with E-state index in [1.807, 2.05) is 55.5 Å². The van der Waals surface area contributed by atoms with Crippen LogP contribution in [0.2, 0.25) is 0 Å². The van der Waals surface area contributed by atoms with Crippen molar-refractivity contribution in [3.8, 4) is 0 Å². The number of halogens is 1. The van der Waals surface area contributed by atoms with Crippen molar-refractivity contribution in [2.45, 2.75) is 12.6 Å². The second-order valence-corrected chi connectivity index (χ2v) is 10.8. The first kappa shape index (κ1) is 23.9. The Labute approximate surface area is 201 Å². The van der Waals surface area contributed by atoms with Gasteiger partial charge in [-0.3, -0.25) is 0 Å². The van der Waals surface area contributed by atoms with Crippen LogP contribution in [0.5, 0.6) is 0 Å². The van der Waals surface area contributed by atoms with Crippen molar-refractivity contribution < 1.29 is 9.53 Å². The third-order valence-electron chi connectivity index (χ3n) is 5.50. The average molecular weight is 506 g/mol. The van der Waals surface area contributed by atoms with Crippen LogP contribution in [0.1, 0.15) is 18.1 Å². The van der Waals surface area contributed by atoms with Crippen LogP contribution < -0.4 is 15.9 Å². The minimum absolute atomic E-state index is 0. The molecule has 0 aliphatic heterocycles. The molecule has 2 nitrogen and oxygen atoms in total. The maximum atomic E-state index is 13.7. The molecule has 1 atom stereocenters. The molecule has 0 saturated carbocycles. The standard InChI is InChI=1S/C28H26O2P.BrH/c1-2-30-28(29)27(23-15-7-3-8-16-23)31(24-17-9-4-10-18-24,25-19-11-5-12-20-25)26-21-13-6-14-22-26;/h3-22,27H,2H2,1H3;1H/q+1;. The van der Waals surface area contributed by atoms with E-state index in [4.69, 9.17) is 4.74 Å². The zero-order valence-electron chi connectivity index (χ0n) is 18.0. The molecular weight excluding hydrogens is 479 g/mol. The lowest BCUT2D eigenvalue weighted by Gasteiger charge is -2.33. The molecule has 0 N–H and O–H groups in total. The Morgan fingerprint density at radius 3 is 1.34 bits per heavy atom. The minimum Gasteiger partial charge on any atom is -0.463 e. The molecule has 0 aromatic heterocycles. The van der Waals surface area contributed by atoms with Gasteiger partial charge in [-0.1, -0.05) is 84.9 Å². The maximum Gasteiger partial charge on any atom is 0.352 e. The largest absolute Gasteiger partial charge is 0.463 e. The monoisotopic (exact) mass is 505 g/mol. The van der Waals surface area contributed by atoms with Gasteiger partial charge in [0.2, 0.25) is 5.66 Å². The highest BCUT2D eigenvalue weighted by Crippen LogP contribution is 2.67. The van der Waals surface area contributed by atoms with Gasteiger partial charge in [0, 0.05) is 5.56 Å². The number of carbonyl (C=O) groups is 1. The minimum atomic E-state index is -2.45. The second-order valence-electron chi connectivity index (χ2n) is 7.29. The number of rotatable bonds is 7. The van der Waals surface area contributed by atoms with E-state index in [-0.39, 0.29) is 23.0 Å². The SMILES string of the molecule is Br.CCOC(=O)C(c1ccccc1)[P+](c1ccccc1)(c1ccccc1)c1ccccc1. The van der Waals surface area contributed by atoms with E-state index < -0.39 is 12.9 Å². The molecule has 32 heavy (non-hydrogen) atoms. The highest BCUT2D eigenvalue weighted by Gasteiger charge is 2.57. The van der Waals surface area contributed by atoms with Crippen molar-refractivity contribution in [2.75, 3.05) is 6.61 Å².